The molecule has 0 spiro atoms. The lowest BCUT2D eigenvalue weighted by Gasteiger charge is -2.08. The highest BCUT2D eigenvalue weighted by Gasteiger charge is 2.32. The summed E-state index contributed by atoms with van der Waals surface area (Å²) in [4.78, 5) is 22.5. The maximum Gasteiger partial charge on any atom is 0.310 e. The minimum absolute atomic E-state index is 0.0225. The van der Waals surface area contributed by atoms with E-state index in [9.17, 15) is 18.0 Å². The second kappa shape index (κ2) is 5.75. The molecule has 0 aromatic heterocycles. The van der Waals surface area contributed by atoms with E-state index in [0.717, 1.165) is 5.56 Å². The van der Waals surface area contributed by atoms with Crippen LogP contribution >= 0.6 is 0 Å². The summed E-state index contributed by atoms with van der Waals surface area (Å²) in [6.07, 6.45) is 0.732. The van der Waals surface area contributed by atoms with Gasteiger partial charge in [0.1, 0.15) is 5.78 Å². The van der Waals surface area contributed by atoms with E-state index in [2.05, 4.69) is 0 Å². The lowest BCUT2D eigenvalue weighted by molar-refractivity contribution is -0.140. The first-order valence-electron chi connectivity index (χ1n) is 6.36. The van der Waals surface area contributed by atoms with E-state index in [1.165, 1.54) is 19.1 Å². The molecule has 1 aromatic carbocycles. The Balaban J connectivity index is 2.13. The Labute approximate surface area is 117 Å². The highest BCUT2D eigenvalue weighted by Crippen LogP contribution is 2.21. The molecule has 1 aliphatic heterocycles. The fourth-order valence-corrected chi connectivity index (χ4v) is 3.73. The van der Waals surface area contributed by atoms with Gasteiger partial charge in [-0.15, -0.1) is 0 Å². The molecule has 5 nitrogen and oxygen atoms in total. The van der Waals surface area contributed by atoms with Crippen LogP contribution in [0.4, 0.5) is 0 Å². The summed E-state index contributed by atoms with van der Waals surface area (Å²) in [5.41, 5.74) is 0.775. The summed E-state index contributed by atoms with van der Waals surface area (Å²) in [6, 6.07) is 6.21. The fraction of sp³-hybridized carbons (Fsp3) is 0.429. The van der Waals surface area contributed by atoms with Crippen molar-refractivity contribution < 1.29 is 22.7 Å². The molecule has 1 aromatic rings. The number of hydrogen-bond donors (Lipinski definition) is 0. The topological polar surface area (TPSA) is 77.5 Å². The molecular formula is C14H16O5S. The van der Waals surface area contributed by atoms with E-state index < -0.39 is 21.7 Å². The molecule has 1 atom stereocenters. The fourth-order valence-electron chi connectivity index (χ4n) is 2.15. The van der Waals surface area contributed by atoms with Gasteiger partial charge in [-0.25, -0.2) is 8.42 Å². The summed E-state index contributed by atoms with van der Waals surface area (Å²) in [5, 5.41) is 0. The van der Waals surface area contributed by atoms with E-state index in [0.29, 0.717) is 6.42 Å². The molecular weight excluding hydrogens is 280 g/mol. The Morgan fingerprint density at radius 3 is 2.45 bits per heavy atom. The first kappa shape index (κ1) is 14.7. The number of Topliss-reactive ketones (excluding diaryl/α,β-unsaturated/α-hetero) is 1. The largest absolute Gasteiger partial charge is 0.465 e. The maximum atomic E-state index is 12.2. The molecule has 0 N–H and O–H groups in total. The third-order valence-corrected chi connectivity index (χ3v) is 5.03. The third-order valence-electron chi connectivity index (χ3n) is 3.20. The lowest BCUT2D eigenvalue weighted by Crippen LogP contribution is -2.20. The van der Waals surface area contributed by atoms with Crippen LogP contribution < -0.4 is 0 Å². The van der Waals surface area contributed by atoms with Gasteiger partial charge in [0.05, 0.1) is 23.2 Å². The van der Waals surface area contributed by atoms with Gasteiger partial charge in [0.2, 0.25) is 0 Å². The van der Waals surface area contributed by atoms with Crippen molar-refractivity contribution in [1.82, 2.24) is 0 Å². The molecule has 0 saturated carbocycles. The Bertz CT molecular complexity index is 615. The molecule has 1 fully saturated rings. The van der Waals surface area contributed by atoms with Gasteiger partial charge >= 0.3 is 5.97 Å². The van der Waals surface area contributed by atoms with Gasteiger partial charge in [0, 0.05) is 6.42 Å². The van der Waals surface area contributed by atoms with Gasteiger partial charge in [0.15, 0.2) is 9.84 Å². The molecule has 0 amide bonds. The Hall–Kier alpha value is -1.69. The van der Waals surface area contributed by atoms with Crippen molar-refractivity contribution in [2.75, 3.05) is 12.4 Å². The number of benzene rings is 1. The summed E-state index contributed by atoms with van der Waals surface area (Å²) in [6.45, 7) is 1.77. The van der Waals surface area contributed by atoms with E-state index in [1.54, 1.807) is 12.1 Å². The highest BCUT2D eigenvalue weighted by atomic mass is 32.2. The zero-order valence-corrected chi connectivity index (χ0v) is 12.0. The number of carbonyl (C=O) groups is 2. The van der Waals surface area contributed by atoms with Gasteiger partial charge in [-0.1, -0.05) is 12.1 Å². The van der Waals surface area contributed by atoms with Gasteiger partial charge < -0.3 is 4.74 Å². The van der Waals surface area contributed by atoms with Crippen molar-refractivity contribution in [2.24, 2.45) is 5.92 Å². The first-order chi connectivity index (χ1) is 9.38. The summed E-state index contributed by atoms with van der Waals surface area (Å²) in [7, 11) is -3.51. The summed E-state index contributed by atoms with van der Waals surface area (Å²) >= 11 is 0. The van der Waals surface area contributed by atoms with Crippen molar-refractivity contribution in [3.63, 3.8) is 0 Å². The number of carbonyl (C=O) groups excluding carboxylic acids is 2. The van der Waals surface area contributed by atoms with Crippen LogP contribution in [-0.2, 0) is 30.6 Å². The Morgan fingerprint density at radius 1 is 1.30 bits per heavy atom. The first-order valence-corrected chi connectivity index (χ1v) is 8.01. The summed E-state index contributed by atoms with van der Waals surface area (Å²) in [5.74, 6) is -1.22. The monoisotopic (exact) mass is 296 g/mol. The molecule has 6 heteroatoms. The molecule has 0 bridgehead atoms. The zero-order valence-electron chi connectivity index (χ0n) is 11.2. The molecule has 1 aliphatic rings. The van der Waals surface area contributed by atoms with Crippen LogP contribution in [0.25, 0.3) is 0 Å². The van der Waals surface area contributed by atoms with Gasteiger partial charge in [0.25, 0.3) is 0 Å². The zero-order chi connectivity index (χ0) is 14.8. The molecule has 0 radical (unpaired) electrons. The highest BCUT2D eigenvalue weighted by molar-refractivity contribution is 7.91. The molecule has 1 saturated heterocycles. The minimum Gasteiger partial charge on any atom is -0.465 e. The van der Waals surface area contributed by atoms with Crippen molar-refractivity contribution in [2.45, 2.75) is 24.7 Å². The number of rotatable bonds is 5. The quantitative estimate of drug-likeness (QED) is 0.762. The lowest BCUT2D eigenvalue weighted by atomic mass is 10.1. The molecule has 20 heavy (non-hydrogen) atoms. The number of hydrogen-bond acceptors (Lipinski definition) is 5. The third kappa shape index (κ3) is 3.45. The normalized spacial score (nSPS) is 18.9. The van der Waals surface area contributed by atoms with Crippen LogP contribution in [0, 0.1) is 5.92 Å². The van der Waals surface area contributed by atoms with Crippen LogP contribution in [0.2, 0.25) is 0 Å². The van der Waals surface area contributed by atoms with Crippen LogP contribution in [0.3, 0.4) is 0 Å². The number of cyclic esters (lactones) is 1. The molecule has 0 unspecified atom stereocenters. The molecule has 108 valence electrons. The van der Waals surface area contributed by atoms with Gasteiger partial charge in [-0.05, 0) is 31.0 Å². The number of ether oxygens (including phenoxy) is 1. The standard InChI is InChI=1S/C14H16O5S/c1-10(15)8-11-2-4-13(5-3-11)20(17,18)9-12-6-7-19-14(12)16/h2-5,12H,6-9H2,1H3/t12-/m1/s1. The predicted molar refractivity (Wildman–Crippen MR) is 71.9 cm³/mol. The van der Waals surface area contributed by atoms with Crippen LogP contribution in [0.15, 0.2) is 29.2 Å². The Morgan fingerprint density at radius 2 is 1.95 bits per heavy atom. The van der Waals surface area contributed by atoms with Gasteiger partial charge in [-0.2, -0.15) is 0 Å². The van der Waals surface area contributed by atoms with Crippen LogP contribution in [-0.4, -0.2) is 32.5 Å². The van der Waals surface area contributed by atoms with Crippen molar-refractivity contribution >= 4 is 21.6 Å². The maximum absolute atomic E-state index is 12.2. The minimum atomic E-state index is -3.51. The second-order valence-corrected chi connectivity index (χ2v) is 6.99. The van der Waals surface area contributed by atoms with Gasteiger partial charge in [-0.3, -0.25) is 9.59 Å². The van der Waals surface area contributed by atoms with E-state index >= 15 is 0 Å². The number of esters is 1. The van der Waals surface area contributed by atoms with Crippen LogP contribution in [0.1, 0.15) is 18.9 Å². The van der Waals surface area contributed by atoms with Crippen molar-refractivity contribution in [3.8, 4) is 0 Å². The molecule has 1 heterocycles. The number of sulfone groups is 1. The SMILES string of the molecule is CC(=O)Cc1ccc(S(=O)(=O)C[C@H]2CCOC2=O)cc1. The molecule has 0 aliphatic carbocycles. The van der Waals surface area contributed by atoms with E-state index in [-0.39, 0.29) is 29.5 Å². The average molecular weight is 296 g/mol. The predicted octanol–water partition coefficient (Wildman–Crippen LogP) is 1.15. The van der Waals surface area contributed by atoms with Crippen molar-refractivity contribution in [1.29, 1.82) is 0 Å². The molecule has 2 rings (SSSR count). The second-order valence-electron chi connectivity index (χ2n) is 4.96. The smallest absolute Gasteiger partial charge is 0.310 e. The Kier molecular flexibility index (Phi) is 4.23. The number of ketones is 1. The van der Waals surface area contributed by atoms with Crippen LogP contribution in [0.5, 0.6) is 0 Å². The average Bonchev–Trinajstić information content (AvgIpc) is 2.74. The van der Waals surface area contributed by atoms with Crippen molar-refractivity contribution in [3.05, 3.63) is 29.8 Å². The summed E-state index contributed by atoms with van der Waals surface area (Å²) < 4.78 is 29.2. The van der Waals surface area contributed by atoms with E-state index in [4.69, 9.17) is 4.74 Å². The van der Waals surface area contributed by atoms with E-state index in [1.807, 2.05) is 0 Å².